The van der Waals surface area contributed by atoms with E-state index >= 15 is 0 Å². The van der Waals surface area contributed by atoms with E-state index < -0.39 is 0 Å². The highest BCUT2D eigenvalue weighted by molar-refractivity contribution is 9.10. The first kappa shape index (κ1) is 11.7. The lowest BCUT2D eigenvalue weighted by Crippen LogP contribution is -2.22. The van der Waals surface area contributed by atoms with Crippen molar-refractivity contribution in [3.8, 4) is 0 Å². The fourth-order valence-electron chi connectivity index (χ4n) is 1.88. The van der Waals surface area contributed by atoms with E-state index in [1.165, 1.54) is 0 Å². The molecule has 0 bridgehead atoms. The normalized spacial score (nSPS) is 11.2. The van der Waals surface area contributed by atoms with Gasteiger partial charge in [0, 0.05) is 34.0 Å². The van der Waals surface area contributed by atoms with Crippen molar-refractivity contribution >= 4 is 32.2 Å². The molecule has 3 heterocycles. The average molecular weight is 324 g/mol. The van der Waals surface area contributed by atoms with E-state index in [2.05, 4.69) is 20.9 Å². The van der Waals surface area contributed by atoms with Gasteiger partial charge in [-0.3, -0.25) is 9.20 Å². The number of pyridine rings is 1. The molecular weight excluding hydrogens is 314 g/mol. The van der Waals surface area contributed by atoms with Crippen LogP contribution in [0.25, 0.3) is 4.96 Å². The summed E-state index contributed by atoms with van der Waals surface area (Å²) < 4.78 is 4.54. The zero-order chi connectivity index (χ0) is 12.7. The zero-order valence-electron chi connectivity index (χ0n) is 9.63. The van der Waals surface area contributed by atoms with Gasteiger partial charge >= 0.3 is 0 Å². The van der Waals surface area contributed by atoms with Gasteiger partial charge < -0.3 is 4.57 Å². The minimum absolute atomic E-state index is 0.0227. The summed E-state index contributed by atoms with van der Waals surface area (Å²) in [6.45, 7) is 2.31. The molecule has 0 saturated heterocycles. The standard InChI is InChI=1S/C12H10BrN3OS/c1-8-4-9(13)5-16(11(8)17)7-10-6-15-2-3-18-12(15)14-10/h2-6H,7H2,1H3. The van der Waals surface area contributed by atoms with Crippen LogP contribution in [0.1, 0.15) is 11.3 Å². The van der Waals surface area contributed by atoms with Gasteiger partial charge in [-0.1, -0.05) is 0 Å². The largest absolute Gasteiger partial charge is 0.308 e. The first-order chi connectivity index (χ1) is 8.63. The lowest BCUT2D eigenvalue weighted by Gasteiger charge is -2.05. The molecule has 0 radical (unpaired) electrons. The number of imidazole rings is 1. The Morgan fingerprint density at radius 2 is 2.28 bits per heavy atom. The Morgan fingerprint density at radius 1 is 1.44 bits per heavy atom. The minimum atomic E-state index is 0.0227. The molecule has 6 heteroatoms. The van der Waals surface area contributed by atoms with Gasteiger partial charge in [0.05, 0.1) is 12.2 Å². The Kier molecular flexibility index (Phi) is 2.83. The smallest absolute Gasteiger partial charge is 0.253 e. The van der Waals surface area contributed by atoms with Crippen molar-refractivity contribution in [2.45, 2.75) is 13.5 Å². The van der Waals surface area contributed by atoms with Crippen LogP contribution in [0, 0.1) is 6.92 Å². The Labute approximate surface area is 116 Å². The molecule has 4 nitrogen and oxygen atoms in total. The molecular formula is C12H10BrN3OS. The molecule has 0 aliphatic carbocycles. The van der Waals surface area contributed by atoms with Gasteiger partial charge in [-0.15, -0.1) is 11.3 Å². The van der Waals surface area contributed by atoms with Gasteiger partial charge in [-0.05, 0) is 28.9 Å². The van der Waals surface area contributed by atoms with Crippen molar-refractivity contribution in [1.82, 2.24) is 14.0 Å². The quantitative estimate of drug-likeness (QED) is 0.727. The van der Waals surface area contributed by atoms with Gasteiger partial charge in [0.2, 0.25) is 0 Å². The van der Waals surface area contributed by atoms with Crippen LogP contribution >= 0.6 is 27.3 Å². The van der Waals surface area contributed by atoms with Crippen LogP contribution < -0.4 is 5.56 Å². The van der Waals surface area contributed by atoms with Crippen LogP contribution in [0.15, 0.2) is 39.3 Å². The summed E-state index contributed by atoms with van der Waals surface area (Å²) in [6.07, 6.45) is 5.71. The summed E-state index contributed by atoms with van der Waals surface area (Å²) >= 11 is 4.99. The first-order valence-electron chi connectivity index (χ1n) is 5.41. The molecule has 18 heavy (non-hydrogen) atoms. The van der Waals surface area contributed by atoms with Crippen LogP contribution in [0.4, 0.5) is 0 Å². The predicted molar refractivity (Wildman–Crippen MR) is 75.3 cm³/mol. The second-order valence-electron chi connectivity index (χ2n) is 4.10. The summed E-state index contributed by atoms with van der Waals surface area (Å²) in [5.74, 6) is 0. The third-order valence-corrected chi connectivity index (χ3v) is 3.91. The Hall–Kier alpha value is -1.40. The van der Waals surface area contributed by atoms with Gasteiger partial charge in [0.15, 0.2) is 4.96 Å². The van der Waals surface area contributed by atoms with Crippen molar-refractivity contribution in [1.29, 1.82) is 0 Å². The maximum Gasteiger partial charge on any atom is 0.253 e. The van der Waals surface area contributed by atoms with Crippen LogP contribution in [0.5, 0.6) is 0 Å². The van der Waals surface area contributed by atoms with E-state index in [-0.39, 0.29) is 5.56 Å². The lowest BCUT2D eigenvalue weighted by molar-refractivity contribution is 0.735. The molecule has 3 aromatic heterocycles. The zero-order valence-corrected chi connectivity index (χ0v) is 12.0. The van der Waals surface area contributed by atoms with Crippen molar-refractivity contribution in [3.63, 3.8) is 0 Å². The van der Waals surface area contributed by atoms with Gasteiger partial charge in [-0.2, -0.15) is 0 Å². The number of nitrogens with zero attached hydrogens (tertiary/aromatic N) is 3. The van der Waals surface area contributed by atoms with Crippen molar-refractivity contribution in [3.05, 3.63) is 56.1 Å². The summed E-state index contributed by atoms with van der Waals surface area (Å²) in [6, 6.07) is 1.82. The third-order valence-electron chi connectivity index (χ3n) is 2.71. The number of aromatic nitrogens is 3. The summed E-state index contributed by atoms with van der Waals surface area (Å²) in [7, 11) is 0. The second-order valence-corrected chi connectivity index (χ2v) is 5.89. The highest BCUT2D eigenvalue weighted by Crippen LogP contribution is 2.13. The average Bonchev–Trinajstić information content (AvgIpc) is 2.85. The molecule has 0 spiro atoms. The fraction of sp³-hybridized carbons (Fsp3) is 0.167. The third kappa shape index (κ3) is 2.02. The fourth-order valence-corrected chi connectivity index (χ4v) is 3.19. The number of hydrogen-bond donors (Lipinski definition) is 0. The molecule has 3 rings (SSSR count). The van der Waals surface area contributed by atoms with E-state index in [9.17, 15) is 4.79 Å². The SMILES string of the molecule is Cc1cc(Br)cn(Cc2cn3ccsc3n2)c1=O. The number of fused-ring (bicyclic) bond motifs is 1. The first-order valence-corrected chi connectivity index (χ1v) is 7.08. The van der Waals surface area contributed by atoms with E-state index in [0.29, 0.717) is 6.54 Å². The van der Waals surface area contributed by atoms with E-state index in [4.69, 9.17) is 0 Å². The number of aryl methyl sites for hydroxylation is 1. The number of rotatable bonds is 2. The van der Waals surface area contributed by atoms with Crippen molar-refractivity contribution in [2.24, 2.45) is 0 Å². The van der Waals surface area contributed by atoms with Crippen LogP contribution in [-0.4, -0.2) is 14.0 Å². The van der Waals surface area contributed by atoms with Gasteiger partial charge in [0.25, 0.3) is 5.56 Å². The minimum Gasteiger partial charge on any atom is -0.308 e. The van der Waals surface area contributed by atoms with Crippen molar-refractivity contribution < 1.29 is 0 Å². The van der Waals surface area contributed by atoms with Crippen LogP contribution in [0.3, 0.4) is 0 Å². The van der Waals surface area contributed by atoms with E-state index in [1.807, 2.05) is 35.2 Å². The van der Waals surface area contributed by atoms with Crippen LogP contribution in [0.2, 0.25) is 0 Å². The predicted octanol–water partition coefficient (Wildman–Crippen LogP) is 2.68. The van der Waals surface area contributed by atoms with E-state index in [1.54, 1.807) is 22.1 Å². The maximum absolute atomic E-state index is 12.0. The number of hydrogen-bond acceptors (Lipinski definition) is 3. The van der Waals surface area contributed by atoms with Gasteiger partial charge in [-0.25, -0.2) is 4.98 Å². The molecule has 92 valence electrons. The summed E-state index contributed by atoms with van der Waals surface area (Å²) in [5, 5.41) is 1.99. The summed E-state index contributed by atoms with van der Waals surface area (Å²) in [4.78, 5) is 17.4. The molecule has 0 aromatic carbocycles. The Morgan fingerprint density at radius 3 is 3.06 bits per heavy atom. The van der Waals surface area contributed by atoms with Crippen molar-refractivity contribution in [2.75, 3.05) is 0 Å². The molecule has 0 amide bonds. The lowest BCUT2D eigenvalue weighted by atomic mass is 10.3. The molecule has 0 N–H and O–H groups in total. The molecule has 3 aromatic rings. The monoisotopic (exact) mass is 323 g/mol. The molecule has 0 saturated carbocycles. The molecule has 0 fully saturated rings. The Balaban J connectivity index is 2.02. The number of halogens is 1. The van der Waals surface area contributed by atoms with Crippen LogP contribution in [-0.2, 0) is 6.54 Å². The highest BCUT2D eigenvalue weighted by Gasteiger charge is 2.06. The molecule has 0 atom stereocenters. The highest BCUT2D eigenvalue weighted by atomic mass is 79.9. The Bertz CT molecular complexity index is 743. The second kappa shape index (κ2) is 4.37. The number of thiazole rings is 1. The maximum atomic E-state index is 12.0. The molecule has 0 aliphatic heterocycles. The van der Waals surface area contributed by atoms with E-state index in [0.717, 1.165) is 20.7 Å². The summed E-state index contributed by atoms with van der Waals surface area (Å²) in [5.41, 5.74) is 1.64. The van der Waals surface area contributed by atoms with Gasteiger partial charge in [0.1, 0.15) is 0 Å². The topological polar surface area (TPSA) is 39.3 Å². The molecule has 0 aliphatic rings. The molecule has 0 unspecified atom stereocenters.